The van der Waals surface area contributed by atoms with E-state index in [9.17, 15) is 4.79 Å². The van der Waals surface area contributed by atoms with Gasteiger partial charge in [0.25, 0.3) is 0 Å². The van der Waals surface area contributed by atoms with Crippen LogP contribution in [0.5, 0.6) is 11.5 Å². The number of nitrogens with zero attached hydrogens (tertiary/aromatic N) is 1. The highest BCUT2D eigenvalue weighted by Crippen LogP contribution is 2.32. The normalized spacial score (nSPS) is 10.3. The molecule has 0 unspecified atom stereocenters. The number of ether oxygens (including phenoxy) is 2. The van der Waals surface area contributed by atoms with E-state index < -0.39 is 0 Å². The van der Waals surface area contributed by atoms with Gasteiger partial charge in [-0.2, -0.15) is 0 Å². The number of urea groups is 1. The molecule has 0 atom stereocenters. The van der Waals surface area contributed by atoms with Crippen LogP contribution in [0.4, 0.5) is 10.5 Å². The number of hydrogen-bond acceptors (Lipinski definition) is 4. The lowest BCUT2D eigenvalue weighted by atomic mass is 10.2. The van der Waals surface area contributed by atoms with E-state index in [1.807, 2.05) is 25.1 Å². The molecule has 26 heavy (non-hydrogen) atoms. The van der Waals surface area contributed by atoms with Crippen molar-refractivity contribution in [3.05, 3.63) is 18.2 Å². The van der Waals surface area contributed by atoms with Crippen LogP contribution in [0.25, 0.3) is 0 Å². The lowest BCUT2D eigenvalue weighted by Gasteiger charge is -2.24. The lowest BCUT2D eigenvalue weighted by Crippen LogP contribution is -2.40. The summed E-state index contributed by atoms with van der Waals surface area (Å²) in [5, 5.41) is 5.60. The van der Waals surface area contributed by atoms with Gasteiger partial charge >= 0.3 is 6.03 Å². The van der Waals surface area contributed by atoms with E-state index in [4.69, 9.17) is 9.47 Å². The second-order valence-electron chi connectivity index (χ2n) is 6.11. The molecule has 0 bridgehead atoms. The first-order chi connectivity index (χ1) is 12.7. The van der Waals surface area contributed by atoms with E-state index in [2.05, 4.69) is 29.4 Å². The van der Waals surface area contributed by atoms with Crippen LogP contribution in [0, 0.1) is 0 Å². The number of methoxy groups -OCH3 is 1. The van der Waals surface area contributed by atoms with Crippen molar-refractivity contribution in [3.63, 3.8) is 0 Å². The maximum Gasteiger partial charge on any atom is 0.314 e. The first-order valence-corrected chi connectivity index (χ1v) is 9.73. The minimum atomic E-state index is -0.130. The number of carbonyl (C=O) groups is 1. The molecule has 2 amide bonds. The van der Waals surface area contributed by atoms with Crippen molar-refractivity contribution >= 4 is 11.7 Å². The van der Waals surface area contributed by atoms with E-state index in [1.165, 1.54) is 19.3 Å². The van der Waals surface area contributed by atoms with Crippen molar-refractivity contribution in [1.29, 1.82) is 0 Å². The highest BCUT2D eigenvalue weighted by Gasteiger charge is 2.11. The largest absolute Gasteiger partial charge is 0.493 e. The minimum Gasteiger partial charge on any atom is -0.493 e. The van der Waals surface area contributed by atoms with Crippen LogP contribution in [-0.4, -0.2) is 45.9 Å². The maximum atomic E-state index is 11.5. The first-order valence-electron chi connectivity index (χ1n) is 9.73. The Morgan fingerprint density at radius 2 is 1.88 bits per heavy atom. The van der Waals surface area contributed by atoms with E-state index >= 15 is 0 Å². The second-order valence-corrected chi connectivity index (χ2v) is 6.11. The van der Waals surface area contributed by atoms with Crippen molar-refractivity contribution in [2.45, 2.75) is 46.5 Å². The number of benzene rings is 1. The molecule has 0 heterocycles. The summed E-state index contributed by atoms with van der Waals surface area (Å²) < 4.78 is 11.4. The first kappa shape index (κ1) is 21.9. The molecule has 0 saturated carbocycles. The topological polar surface area (TPSA) is 62.8 Å². The van der Waals surface area contributed by atoms with Gasteiger partial charge in [-0.1, -0.05) is 26.2 Å². The molecule has 0 aromatic heterocycles. The van der Waals surface area contributed by atoms with Crippen LogP contribution in [-0.2, 0) is 0 Å². The summed E-state index contributed by atoms with van der Waals surface area (Å²) in [6, 6.07) is 5.86. The molecule has 1 aromatic carbocycles. The fourth-order valence-corrected chi connectivity index (χ4v) is 2.68. The highest BCUT2D eigenvalue weighted by atomic mass is 16.5. The van der Waals surface area contributed by atoms with Gasteiger partial charge in [0.1, 0.15) is 0 Å². The van der Waals surface area contributed by atoms with Gasteiger partial charge in [-0.05, 0) is 32.4 Å². The average Bonchev–Trinajstić information content (AvgIpc) is 2.65. The molecular weight excluding hydrogens is 330 g/mol. The number of anilines is 1. The van der Waals surface area contributed by atoms with Gasteiger partial charge in [-0.15, -0.1) is 0 Å². The predicted molar refractivity (Wildman–Crippen MR) is 108 cm³/mol. The smallest absolute Gasteiger partial charge is 0.314 e. The van der Waals surface area contributed by atoms with Crippen LogP contribution in [0.15, 0.2) is 18.2 Å². The molecule has 0 spiro atoms. The number of carbonyl (C=O) groups excluding carboxylic acids is 1. The molecule has 6 nitrogen and oxygen atoms in total. The van der Waals surface area contributed by atoms with Crippen molar-refractivity contribution in [2.24, 2.45) is 0 Å². The Labute approximate surface area is 158 Å². The Balaban J connectivity index is 2.64. The average molecular weight is 366 g/mol. The summed E-state index contributed by atoms with van der Waals surface area (Å²) in [7, 11) is 1.66. The Hall–Kier alpha value is -2.11. The number of amides is 2. The Morgan fingerprint density at radius 1 is 1.08 bits per heavy atom. The van der Waals surface area contributed by atoms with Gasteiger partial charge in [0.2, 0.25) is 0 Å². The van der Waals surface area contributed by atoms with Gasteiger partial charge < -0.3 is 25.0 Å². The molecule has 0 aliphatic heterocycles. The molecule has 148 valence electrons. The van der Waals surface area contributed by atoms with E-state index in [0.29, 0.717) is 19.7 Å². The number of unbranched alkanes of at least 4 members (excludes halogenated alkanes) is 3. The van der Waals surface area contributed by atoms with Crippen molar-refractivity contribution in [3.8, 4) is 11.5 Å². The van der Waals surface area contributed by atoms with Crippen molar-refractivity contribution < 1.29 is 14.3 Å². The van der Waals surface area contributed by atoms with E-state index in [0.717, 1.165) is 36.7 Å². The Bertz CT molecular complexity index is 523. The second kappa shape index (κ2) is 13.1. The van der Waals surface area contributed by atoms with Gasteiger partial charge in [0, 0.05) is 37.9 Å². The summed E-state index contributed by atoms with van der Waals surface area (Å²) in [5.41, 5.74) is 1.06. The molecule has 2 N–H and O–H groups in total. The van der Waals surface area contributed by atoms with E-state index in [1.54, 1.807) is 7.11 Å². The summed E-state index contributed by atoms with van der Waals surface area (Å²) in [6.45, 7) is 9.69. The SMILES string of the molecule is CCCCCCOc1cc(N(CC)CCNC(=O)NCC)ccc1OC. The van der Waals surface area contributed by atoms with Gasteiger partial charge in [-0.25, -0.2) is 4.79 Å². The summed E-state index contributed by atoms with van der Waals surface area (Å²) in [6.07, 6.45) is 4.69. The number of rotatable bonds is 13. The molecule has 0 radical (unpaired) electrons. The van der Waals surface area contributed by atoms with Gasteiger partial charge in [-0.3, -0.25) is 0 Å². The third-order valence-corrected chi connectivity index (χ3v) is 4.15. The summed E-state index contributed by atoms with van der Waals surface area (Å²) in [5.74, 6) is 1.53. The van der Waals surface area contributed by atoms with Crippen LogP contribution in [0.2, 0.25) is 0 Å². The predicted octanol–water partition coefficient (Wildman–Crippen LogP) is 3.80. The van der Waals surface area contributed by atoms with Gasteiger partial charge in [0.05, 0.1) is 13.7 Å². The molecule has 6 heteroatoms. The minimum absolute atomic E-state index is 0.130. The maximum absolute atomic E-state index is 11.5. The zero-order chi connectivity index (χ0) is 19.2. The summed E-state index contributed by atoms with van der Waals surface area (Å²) in [4.78, 5) is 13.7. The molecule has 0 aliphatic rings. The van der Waals surface area contributed by atoms with Crippen molar-refractivity contribution in [2.75, 3.05) is 44.8 Å². The van der Waals surface area contributed by atoms with Crippen LogP contribution in [0.1, 0.15) is 46.5 Å². The number of likely N-dealkylation sites (N-methyl/N-ethyl adjacent to an activating group) is 1. The molecule has 1 rings (SSSR count). The third-order valence-electron chi connectivity index (χ3n) is 4.15. The third kappa shape index (κ3) is 7.85. The monoisotopic (exact) mass is 365 g/mol. The van der Waals surface area contributed by atoms with Gasteiger partial charge in [0.15, 0.2) is 11.5 Å². The fraction of sp³-hybridized carbons (Fsp3) is 0.650. The van der Waals surface area contributed by atoms with Crippen molar-refractivity contribution in [1.82, 2.24) is 10.6 Å². The molecule has 0 fully saturated rings. The van der Waals surface area contributed by atoms with Crippen LogP contribution >= 0.6 is 0 Å². The standard InChI is InChI=1S/C20H35N3O3/c1-5-8-9-10-15-26-19-16-17(11-12-18(19)25-4)23(7-3)14-13-22-20(24)21-6-2/h11-12,16H,5-10,13-15H2,1-4H3,(H2,21,22,24). The lowest BCUT2D eigenvalue weighted by molar-refractivity contribution is 0.241. The zero-order valence-electron chi connectivity index (χ0n) is 16.8. The molecule has 1 aromatic rings. The molecule has 0 saturated heterocycles. The van der Waals surface area contributed by atoms with Crippen LogP contribution in [0.3, 0.4) is 0 Å². The summed E-state index contributed by atoms with van der Waals surface area (Å²) >= 11 is 0. The zero-order valence-corrected chi connectivity index (χ0v) is 16.8. The fourth-order valence-electron chi connectivity index (χ4n) is 2.68. The van der Waals surface area contributed by atoms with E-state index in [-0.39, 0.29) is 6.03 Å². The number of nitrogens with one attached hydrogen (secondary N) is 2. The quantitative estimate of drug-likeness (QED) is 0.522. The molecule has 0 aliphatic carbocycles. The molecular formula is C20H35N3O3. The Kier molecular flexibility index (Phi) is 11.1. The number of hydrogen-bond donors (Lipinski definition) is 2. The highest BCUT2D eigenvalue weighted by molar-refractivity contribution is 5.73. The van der Waals surface area contributed by atoms with Crippen LogP contribution < -0.4 is 25.0 Å². The Morgan fingerprint density at radius 3 is 2.54 bits per heavy atom.